The Hall–Kier alpha value is -1.99. The topological polar surface area (TPSA) is 98.7 Å². The monoisotopic (exact) mass is 268 g/mol. The van der Waals surface area contributed by atoms with E-state index < -0.39 is 29.8 Å². The highest BCUT2D eigenvalue weighted by Gasteiger charge is 2.28. The Labute approximate surface area is 108 Å². The van der Waals surface area contributed by atoms with Gasteiger partial charge in [0.15, 0.2) is 0 Å². The summed E-state index contributed by atoms with van der Waals surface area (Å²) in [5, 5.41) is 23.5. The summed E-state index contributed by atoms with van der Waals surface area (Å²) in [6.07, 6.45) is -0.335. The summed E-state index contributed by atoms with van der Waals surface area (Å²) in [4.78, 5) is 22.8. The molecule has 1 saturated heterocycles. The van der Waals surface area contributed by atoms with E-state index in [4.69, 9.17) is 5.11 Å². The van der Waals surface area contributed by atoms with Crippen molar-refractivity contribution < 1.29 is 24.2 Å². The number of aliphatic hydroxyl groups excluding tert-OH is 1. The van der Waals surface area contributed by atoms with Crippen LogP contribution in [0.15, 0.2) is 18.2 Å². The number of β-amino-alcohol motifs (C(OH)–C–C–N with tert-alkyl or cyclic N) is 1. The van der Waals surface area contributed by atoms with E-state index in [0.29, 0.717) is 6.54 Å². The van der Waals surface area contributed by atoms with Crippen molar-refractivity contribution in [3.8, 4) is 0 Å². The van der Waals surface area contributed by atoms with E-state index >= 15 is 0 Å². The number of hydrogen-bond donors (Lipinski definition) is 4. The Bertz CT molecular complexity index is 520. The van der Waals surface area contributed by atoms with Crippen LogP contribution >= 0.6 is 0 Å². The summed E-state index contributed by atoms with van der Waals surface area (Å²) < 4.78 is 13.0. The van der Waals surface area contributed by atoms with Crippen LogP contribution in [0.2, 0.25) is 0 Å². The van der Waals surface area contributed by atoms with Crippen molar-refractivity contribution >= 4 is 17.6 Å². The highest BCUT2D eigenvalue weighted by atomic mass is 19.1. The largest absolute Gasteiger partial charge is 0.478 e. The number of carbonyl (C=O) groups is 2. The molecule has 0 radical (unpaired) electrons. The third-order valence-corrected chi connectivity index (χ3v) is 2.89. The van der Waals surface area contributed by atoms with Gasteiger partial charge in [0.25, 0.3) is 0 Å². The lowest BCUT2D eigenvalue weighted by Gasteiger charge is -2.12. The standard InChI is InChI=1S/C12H13FN2O4/c13-6-1-2-9(8(3-6)12(18)19)15-11(17)10-4-7(16)5-14-10/h1-3,7,10,14,16H,4-5H2,(H,15,17)(H,18,19). The Morgan fingerprint density at radius 1 is 1.42 bits per heavy atom. The third kappa shape index (κ3) is 3.07. The second-order valence-corrected chi connectivity index (χ2v) is 4.33. The van der Waals surface area contributed by atoms with Crippen LogP contribution in [-0.2, 0) is 4.79 Å². The Morgan fingerprint density at radius 3 is 2.74 bits per heavy atom. The van der Waals surface area contributed by atoms with Crippen LogP contribution in [0.1, 0.15) is 16.8 Å². The molecule has 2 rings (SSSR count). The molecule has 6 nitrogen and oxygen atoms in total. The maximum Gasteiger partial charge on any atom is 0.337 e. The summed E-state index contributed by atoms with van der Waals surface area (Å²) >= 11 is 0. The molecule has 7 heteroatoms. The third-order valence-electron chi connectivity index (χ3n) is 2.89. The van der Waals surface area contributed by atoms with Gasteiger partial charge >= 0.3 is 5.97 Å². The zero-order valence-electron chi connectivity index (χ0n) is 9.89. The fourth-order valence-corrected chi connectivity index (χ4v) is 1.94. The lowest BCUT2D eigenvalue weighted by Crippen LogP contribution is -2.35. The molecular formula is C12H13FN2O4. The zero-order valence-corrected chi connectivity index (χ0v) is 9.89. The number of rotatable bonds is 3. The quantitative estimate of drug-likeness (QED) is 0.627. The predicted octanol–water partition coefficient (Wildman–Crippen LogP) is 0.185. The maximum atomic E-state index is 13.0. The molecule has 1 aromatic carbocycles. The van der Waals surface area contributed by atoms with Crippen molar-refractivity contribution in [1.82, 2.24) is 5.32 Å². The molecule has 4 N–H and O–H groups in total. The minimum atomic E-state index is -1.32. The van der Waals surface area contributed by atoms with Gasteiger partial charge in [-0.15, -0.1) is 0 Å². The second-order valence-electron chi connectivity index (χ2n) is 4.33. The summed E-state index contributed by atoms with van der Waals surface area (Å²) in [5.41, 5.74) is -0.283. The number of carbonyl (C=O) groups excluding carboxylic acids is 1. The van der Waals surface area contributed by atoms with Gasteiger partial charge in [0.2, 0.25) is 5.91 Å². The Morgan fingerprint density at radius 2 is 2.16 bits per heavy atom. The van der Waals surface area contributed by atoms with E-state index in [1.54, 1.807) is 0 Å². The van der Waals surface area contributed by atoms with Gasteiger partial charge in [0, 0.05) is 6.54 Å². The van der Waals surface area contributed by atoms with Crippen LogP contribution in [0.5, 0.6) is 0 Å². The van der Waals surface area contributed by atoms with E-state index in [1.165, 1.54) is 6.07 Å². The molecule has 1 fully saturated rings. The van der Waals surface area contributed by atoms with E-state index in [-0.39, 0.29) is 17.7 Å². The number of aliphatic hydroxyl groups is 1. The van der Waals surface area contributed by atoms with Crippen LogP contribution in [0.3, 0.4) is 0 Å². The highest BCUT2D eigenvalue weighted by Crippen LogP contribution is 2.18. The predicted molar refractivity (Wildman–Crippen MR) is 64.4 cm³/mol. The summed E-state index contributed by atoms with van der Waals surface area (Å²) in [6.45, 7) is 0.313. The average Bonchev–Trinajstić information content (AvgIpc) is 2.78. The molecule has 1 amide bonds. The van der Waals surface area contributed by atoms with Crippen LogP contribution in [0.4, 0.5) is 10.1 Å². The number of carboxylic acids is 1. The number of halogens is 1. The fourth-order valence-electron chi connectivity index (χ4n) is 1.94. The molecule has 2 unspecified atom stereocenters. The zero-order chi connectivity index (χ0) is 14.0. The van der Waals surface area contributed by atoms with Gasteiger partial charge in [-0.05, 0) is 24.6 Å². The molecule has 2 atom stereocenters. The molecule has 1 aliphatic heterocycles. The normalized spacial score (nSPS) is 22.2. The van der Waals surface area contributed by atoms with Crippen molar-refractivity contribution in [1.29, 1.82) is 0 Å². The molecule has 1 aromatic rings. The van der Waals surface area contributed by atoms with Crippen molar-refractivity contribution in [2.75, 3.05) is 11.9 Å². The average molecular weight is 268 g/mol. The Kier molecular flexibility index (Phi) is 3.77. The fraction of sp³-hybridized carbons (Fsp3) is 0.333. The second kappa shape index (κ2) is 5.33. The number of nitrogens with one attached hydrogen (secondary N) is 2. The first kappa shape index (κ1) is 13.4. The lowest BCUT2D eigenvalue weighted by atomic mass is 10.1. The number of hydrogen-bond acceptors (Lipinski definition) is 4. The first-order valence-electron chi connectivity index (χ1n) is 5.72. The highest BCUT2D eigenvalue weighted by molar-refractivity contribution is 6.02. The van der Waals surface area contributed by atoms with Crippen molar-refractivity contribution in [2.45, 2.75) is 18.6 Å². The van der Waals surface area contributed by atoms with Gasteiger partial charge in [-0.3, -0.25) is 4.79 Å². The molecule has 0 bridgehead atoms. The lowest BCUT2D eigenvalue weighted by molar-refractivity contribution is -0.117. The molecule has 102 valence electrons. The maximum absolute atomic E-state index is 13.0. The van der Waals surface area contributed by atoms with Crippen LogP contribution in [0, 0.1) is 5.82 Å². The van der Waals surface area contributed by atoms with Crippen molar-refractivity contribution in [2.24, 2.45) is 0 Å². The minimum Gasteiger partial charge on any atom is -0.478 e. The van der Waals surface area contributed by atoms with Gasteiger partial charge < -0.3 is 20.8 Å². The minimum absolute atomic E-state index is 0.0297. The number of carboxylic acid groups (broad SMARTS) is 1. The van der Waals surface area contributed by atoms with Gasteiger partial charge in [0.1, 0.15) is 5.82 Å². The van der Waals surface area contributed by atoms with E-state index in [9.17, 15) is 19.1 Å². The molecule has 0 aliphatic carbocycles. The number of aromatic carboxylic acids is 1. The number of amides is 1. The SMILES string of the molecule is O=C(O)c1cc(F)ccc1NC(=O)C1CC(O)CN1. The summed E-state index contributed by atoms with van der Waals surface area (Å²) in [5.74, 6) is -2.47. The van der Waals surface area contributed by atoms with Gasteiger partial charge in [-0.1, -0.05) is 0 Å². The van der Waals surface area contributed by atoms with E-state index in [2.05, 4.69) is 10.6 Å². The van der Waals surface area contributed by atoms with Gasteiger partial charge in [-0.25, -0.2) is 9.18 Å². The Balaban J connectivity index is 2.14. The molecular weight excluding hydrogens is 255 g/mol. The summed E-state index contributed by atoms with van der Waals surface area (Å²) in [6, 6.07) is 2.53. The van der Waals surface area contributed by atoms with E-state index in [0.717, 1.165) is 12.1 Å². The smallest absolute Gasteiger partial charge is 0.337 e. The van der Waals surface area contributed by atoms with Crippen molar-refractivity contribution in [3.05, 3.63) is 29.6 Å². The number of anilines is 1. The summed E-state index contributed by atoms with van der Waals surface area (Å²) in [7, 11) is 0. The van der Waals surface area contributed by atoms with Gasteiger partial charge in [-0.2, -0.15) is 0 Å². The molecule has 1 aliphatic rings. The van der Waals surface area contributed by atoms with Crippen LogP contribution < -0.4 is 10.6 Å². The van der Waals surface area contributed by atoms with Crippen LogP contribution in [0.25, 0.3) is 0 Å². The molecule has 1 heterocycles. The number of benzene rings is 1. The van der Waals surface area contributed by atoms with E-state index in [1.807, 2.05) is 0 Å². The van der Waals surface area contributed by atoms with Crippen molar-refractivity contribution in [3.63, 3.8) is 0 Å². The molecule has 0 spiro atoms. The first-order valence-corrected chi connectivity index (χ1v) is 5.72. The molecule has 0 saturated carbocycles. The molecule has 19 heavy (non-hydrogen) atoms. The van der Waals surface area contributed by atoms with Crippen LogP contribution in [-0.4, -0.2) is 40.8 Å². The molecule has 0 aromatic heterocycles. The van der Waals surface area contributed by atoms with Gasteiger partial charge in [0.05, 0.1) is 23.4 Å². The first-order chi connectivity index (χ1) is 8.97.